The van der Waals surface area contributed by atoms with Crippen LogP contribution in [0.5, 0.6) is 0 Å². The highest BCUT2D eigenvalue weighted by molar-refractivity contribution is 5.76. The summed E-state index contributed by atoms with van der Waals surface area (Å²) in [5.74, 6) is 0.513. The van der Waals surface area contributed by atoms with Crippen LogP contribution in [-0.4, -0.2) is 12.1 Å². The number of hydrogen-bond donors (Lipinski definition) is 0. The first-order valence-electron chi connectivity index (χ1n) is 6.18. The fourth-order valence-corrected chi connectivity index (χ4v) is 1.90. The number of carbonyl (C=O) groups is 1. The van der Waals surface area contributed by atoms with Gasteiger partial charge in [-0.05, 0) is 45.4 Å². The maximum absolute atomic E-state index is 11.9. The van der Waals surface area contributed by atoms with E-state index in [1.54, 1.807) is 0 Å². The summed E-state index contributed by atoms with van der Waals surface area (Å²) in [6, 6.07) is 0. The topological polar surface area (TPSA) is 26.3 Å². The maximum Gasteiger partial charge on any atom is 0.311 e. The highest BCUT2D eigenvalue weighted by atomic mass is 16.5. The molecule has 0 N–H and O–H groups in total. The predicted molar refractivity (Wildman–Crippen MR) is 61.6 cm³/mol. The Morgan fingerprint density at radius 3 is 2.47 bits per heavy atom. The first kappa shape index (κ1) is 12.5. The molecule has 0 saturated heterocycles. The molecule has 0 aliphatic heterocycles. The van der Waals surface area contributed by atoms with E-state index >= 15 is 0 Å². The van der Waals surface area contributed by atoms with Crippen molar-refractivity contribution >= 4 is 5.97 Å². The molecule has 15 heavy (non-hydrogen) atoms. The van der Waals surface area contributed by atoms with E-state index in [2.05, 4.69) is 6.92 Å². The Bertz CT molecular complexity index is 221. The van der Waals surface area contributed by atoms with E-state index in [0.717, 1.165) is 12.8 Å². The van der Waals surface area contributed by atoms with Gasteiger partial charge < -0.3 is 4.74 Å². The minimum absolute atomic E-state index is 0.0243. The first-order valence-corrected chi connectivity index (χ1v) is 6.18. The zero-order chi connectivity index (χ0) is 11.5. The zero-order valence-electron chi connectivity index (χ0n) is 10.5. The van der Waals surface area contributed by atoms with Gasteiger partial charge in [-0.25, -0.2) is 0 Å². The molecule has 2 atom stereocenters. The molecule has 1 fully saturated rings. The van der Waals surface area contributed by atoms with E-state index in [0.29, 0.717) is 5.92 Å². The van der Waals surface area contributed by atoms with Crippen LogP contribution in [-0.2, 0) is 9.53 Å². The van der Waals surface area contributed by atoms with Crippen molar-refractivity contribution in [2.45, 2.75) is 65.9 Å². The molecule has 2 nitrogen and oxygen atoms in total. The van der Waals surface area contributed by atoms with E-state index in [1.165, 1.54) is 19.3 Å². The molecule has 2 unspecified atom stereocenters. The van der Waals surface area contributed by atoms with Crippen LogP contribution in [0.25, 0.3) is 0 Å². The summed E-state index contributed by atoms with van der Waals surface area (Å²) in [7, 11) is 0. The molecule has 0 spiro atoms. The van der Waals surface area contributed by atoms with Crippen LogP contribution in [0.1, 0.15) is 59.8 Å². The molecule has 0 aromatic carbocycles. The van der Waals surface area contributed by atoms with E-state index in [-0.39, 0.29) is 17.5 Å². The van der Waals surface area contributed by atoms with Gasteiger partial charge in [0.25, 0.3) is 0 Å². The highest BCUT2D eigenvalue weighted by Crippen LogP contribution is 2.29. The van der Waals surface area contributed by atoms with Crippen LogP contribution >= 0.6 is 0 Å². The molecule has 0 bridgehead atoms. The third-order valence-electron chi connectivity index (χ3n) is 3.73. The summed E-state index contributed by atoms with van der Waals surface area (Å²) in [6.45, 7) is 8.15. The summed E-state index contributed by atoms with van der Waals surface area (Å²) in [5.41, 5.74) is -0.322. The summed E-state index contributed by atoms with van der Waals surface area (Å²) in [6.07, 6.45) is 5.74. The molecule has 1 aliphatic rings. The van der Waals surface area contributed by atoms with Crippen molar-refractivity contribution in [3.05, 3.63) is 0 Å². The van der Waals surface area contributed by atoms with Gasteiger partial charge in [0.1, 0.15) is 6.10 Å². The molecule has 0 radical (unpaired) electrons. The molecule has 2 heteroatoms. The molecular formula is C13H24O2. The van der Waals surface area contributed by atoms with Gasteiger partial charge in [-0.15, -0.1) is 0 Å². The van der Waals surface area contributed by atoms with Crippen LogP contribution < -0.4 is 0 Å². The minimum Gasteiger partial charge on any atom is -0.462 e. The number of rotatable bonds is 3. The fourth-order valence-electron chi connectivity index (χ4n) is 1.90. The predicted octanol–water partition coefficient (Wildman–Crippen LogP) is 3.54. The van der Waals surface area contributed by atoms with Crippen LogP contribution in [0.3, 0.4) is 0 Å². The summed E-state index contributed by atoms with van der Waals surface area (Å²) < 4.78 is 5.62. The lowest BCUT2D eigenvalue weighted by molar-refractivity contribution is -0.164. The van der Waals surface area contributed by atoms with Crippen molar-refractivity contribution < 1.29 is 9.53 Å². The third kappa shape index (κ3) is 3.22. The molecule has 0 aromatic heterocycles. The minimum atomic E-state index is -0.322. The Morgan fingerprint density at radius 2 is 1.93 bits per heavy atom. The van der Waals surface area contributed by atoms with Crippen LogP contribution in [0.15, 0.2) is 0 Å². The number of ether oxygens (including phenoxy) is 1. The zero-order valence-corrected chi connectivity index (χ0v) is 10.5. The largest absolute Gasteiger partial charge is 0.462 e. The normalized spacial score (nSPS) is 27.5. The Balaban J connectivity index is 2.50. The standard InChI is InChI=1S/C13H24O2/c1-5-13(3,4)12(14)15-11-9-7-6-8-10(11)2/h10-11H,5-9H2,1-4H3. The van der Waals surface area contributed by atoms with E-state index in [4.69, 9.17) is 4.74 Å². The summed E-state index contributed by atoms with van der Waals surface area (Å²) in [5, 5.41) is 0. The average molecular weight is 212 g/mol. The van der Waals surface area contributed by atoms with Crippen molar-refractivity contribution in [2.24, 2.45) is 11.3 Å². The molecular weight excluding hydrogens is 188 g/mol. The fraction of sp³-hybridized carbons (Fsp3) is 0.923. The Morgan fingerprint density at radius 1 is 1.33 bits per heavy atom. The molecule has 1 aliphatic carbocycles. The van der Waals surface area contributed by atoms with Crippen LogP contribution in [0.2, 0.25) is 0 Å². The molecule has 0 amide bonds. The number of hydrogen-bond acceptors (Lipinski definition) is 2. The number of esters is 1. The van der Waals surface area contributed by atoms with Gasteiger partial charge in [0, 0.05) is 0 Å². The van der Waals surface area contributed by atoms with Crippen LogP contribution in [0.4, 0.5) is 0 Å². The first-order chi connectivity index (χ1) is 6.97. The van der Waals surface area contributed by atoms with Crippen molar-refractivity contribution in [2.75, 3.05) is 0 Å². The van der Waals surface area contributed by atoms with E-state index < -0.39 is 0 Å². The lowest BCUT2D eigenvalue weighted by atomic mass is 9.86. The molecule has 0 aromatic rings. The van der Waals surface area contributed by atoms with Gasteiger partial charge in [-0.1, -0.05) is 20.3 Å². The third-order valence-corrected chi connectivity index (χ3v) is 3.73. The maximum atomic E-state index is 11.9. The molecule has 1 rings (SSSR count). The van der Waals surface area contributed by atoms with Crippen molar-refractivity contribution in [3.8, 4) is 0 Å². The Hall–Kier alpha value is -0.530. The molecule has 1 saturated carbocycles. The Labute approximate surface area is 93.4 Å². The SMILES string of the molecule is CCC(C)(C)C(=O)OC1CCCCC1C. The van der Waals surface area contributed by atoms with E-state index in [9.17, 15) is 4.79 Å². The lowest BCUT2D eigenvalue weighted by Gasteiger charge is -2.31. The second-order valence-electron chi connectivity index (χ2n) is 5.44. The lowest BCUT2D eigenvalue weighted by Crippen LogP contribution is -2.34. The van der Waals surface area contributed by atoms with Gasteiger partial charge >= 0.3 is 5.97 Å². The van der Waals surface area contributed by atoms with E-state index in [1.807, 2.05) is 20.8 Å². The van der Waals surface area contributed by atoms with Gasteiger partial charge in [-0.2, -0.15) is 0 Å². The average Bonchev–Trinajstić information content (AvgIpc) is 2.21. The second-order valence-corrected chi connectivity index (χ2v) is 5.44. The highest BCUT2D eigenvalue weighted by Gasteiger charge is 2.32. The monoisotopic (exact) mass is 212 g/mol. The van der Waals surface area contributed by atoms with Gasteiger partial charge in [0.05, 0.1) is 5.41 Å². The molecule has 0 heterocycles. The molecule has 88 valence electrons. The van der Waals surface area contributed by atoms with Gasteiger partial charge in [0.15, 0.2) is 0 Å². The summed E-state index contributed by atoms with van der Waals surface area (Å²) >= 11 is 0. The van der Waals surface area contributed by atoms with Crippen molar-refractivity contribution in [3.63, 3.8) is 0 Å². The van der Waals surface area contributed by atoms with Crippen LogP contribution in [0, 0.1) is 11.3 Å². The second kappa shape index (κ2) is 5.00. The van der Waals surface area contributed by atoms with Gasteiger partial charge in [0.2, 0.25) is 0 Å². The number of carbonyl (C=O) groups excluding carboxylic acids is 1. The quantitative estimate of drug-likeness (QED) is 0.669. The van der Waals surface area contributed by atoms with Crippen molar-refractivity contribution in [1.29, 1.82) is 0 Å². The summed E-state index contributed by atoms with van der Waals surface area (Å²) in [4.78, 5) is 11.9. The smallest absolute Gasteiger partial charge is 0.311 e. The Kier molecular flexibility index (Phi) is 4.18. The van der Waals surface area contributed by atoms with Crippen molar-refractivity contribution in [1.82, 2.24) is 0 Å². The van der Waals surface area contributed by atoms with Gasteiger partial charge in [-0.3, -0.25) is 4.79 Å².